The Balaban J connectivity index is 1.82. The van der Waals surface area contributed by atoms with Gasteiger partial charge in [0.05, 0.1) is 17.4 Å². The smallest absolute Gasteiger partial charge is 0.123 e. The molecule has 0 amide bonds. The quantitative estimate of drug-likeness (QED) is 0.912. The van der Waals surface area contributed by atoms with Gasteiger partial charge >= 0.3 is 0 Å². The Morgan fingerprint density at radius 2 is 1.74 bits per heavy atom. The van der Waals surface area contributed by atoms with E-state index < -0.39 is 0 Å². The molecule has 1 aromatic heterocycles. The number of aromatic nitrogens is 2. The van der Waals surface area contributed by atoms with Gasteiger partial charge < -0.3 is 5.32 Å². The van der Waals surface area contributed by atoms with Crippen molar-refractivity contribution in [2.24, 2.45) is 0 Å². The summed E-state index contributed by atoms with van der Waals surface area (Å²) in [6.07, 6.45) is 8.35. The van der Waals surface area contributed by atoms with Crippen LogP contribution in [-0.2, 0) is 12.8 Å². The van der Waals surface area contributed by atoms with Crippen molar-refractivity contribution in [1.82, 2.24) is 15.1 Å². The molecule has 2 aromatic rings. The lowest BCUT2D eigenvalue weighted by atomic mass is 9.94. The van der Waals surface area contributed by atoms with Gasteiger partial charge in [-0.05, 0) is 50.1 Å². The zero-order valence-corrected chi connectivity index (χ0v) is 13.5. The molecule has 0 atom stereocenters. The maximum absolute atomic E-state index is 13.4. The van der Waals surface area contributed by atoms with Crippen molar-refractivity contribution in [1.29, 1.82) is 0 Å². The van der Waals surface area contributed by atoms with Crippen molar-refractivity contribution in [2.75, 3.05) is 13.1 Å². The average molecular weight is 313 g/mol. The molecule has 4 heteroatoms. The van der Waals surface area contributed by atoms with E-state index in [-0.39, 0.29) is 5.82 Å². The first-order valence-electron chi connectivity index (χ1n) is 8.90. The Kier molecular flexibility index (Phi) is 4.17. The van der Waals surface area contributed by atoms with E-state index in [0.717, 1.165) is 31.5 Å². The van der Waals surface area contributed by atoms with E-state index >= 15 is 0 Å². The van der Waals surface area contributed by atoms with E-state index in [9.17, 15) is 4.39 Å². The Hall–Kier alpha value is -1.68. The van der Waals surface area contributed by atoms with Crippen LogP contribution in [0.2, 0.25) is 0 Å². The molecule has 2 heterocycles. The number of hydrogen-bond acceptors (Lipinski definition) is 2. The standard InChI is InChI=1S/C19H24FN3/c20-15-8-6-14(7-9-15)19-17-10-12-21-13-11-18(17)22-23(19)16-4-2-1-3-5-16/h6-9,16,21H,1-5,10-13H2. The minimum absolute atomic E-state index is 0.176. The van der Waals surface area contributed by atoms with E-state index in [1.54, 1.807) is 12.1 Å². The van der Waals surface area contributed by atoms with Gasteiger partial charge in [0.15, 0.2) is 0 Å². The molecule has 2 aliphatic rings. The molecule has 1 aromatic carbocycles. The fourth-order valence-electron chi connectivity index (χ4n) is 4.03. The normalized spacial score (nSPS) is 19.3. The van der Waals surface area contributed by atoms with Gasteiger partial charge in [0, 0.05) is 24.1 Å². The summed E-state index contributed by atoms with van der Waals surface area (Å²) < 4.78 is 15.6. The summed E-state index contributed by atoms with van der Waals surface area (Å²) in [6.45, 7) is 2.00. The number of nitrogens with one attached hydrogen (secondary N) is 1. The number of rotatable bonds is 2. The zero-order chi connectivity index (χ0) is 15.6. The van der Waals surface area contributed by atoms with Gasteiger partial charge in [0.2, 0.25) is 0 Å². The fourth-order valence-corrected chi connectivity index (χ4v) is 4.03. The maximum Gasteiger partial charge on any atom is 0.123 e. The van der Waals surface area contributed by atoms with Crippen LogP contribution in [0.15, 0.2) is 24.3 Å². The molecule has 1 aliphatic carbocycles. The third kappa shape index (κ3) is 2.92. The summed E-state index contributed by atoms with van der Waals surface area (Å²) in [5, 5.41) is 8.47. The minimum Gasteiger partial charge on any atom is -0.316 e. The van der Waals surface area contributed by atoms with Gasteiger partial charge in [0.25, 0.3) is 0 Å². The molecule has 0 saturated heterocycles. The summed E-state index contributed by atoms with van der Waals surface area (Å²) in [5.41, 5.74) is 4.94. The Morgan fingerprint density at radius 1 is 1.00 bits per heavy atom. The van der Waals surface area contributed by atoms with Crippen molar-refractivity contribution in [3.8, 4) is 11.3 Å². The highest BCUT2D eigenvalue weighted by Gasteiger charge is 2.25. The minimum atomic E-state index is -0.176. The Bertz CT molecular complexity index is 669. The van der Waals surface area contributed by atoms with Crippen LogP contribution in [0.25, 0.3) is 11.3 Å². The number of hydrogen-bond donors (Lipinski definition) is 1. The van der Waals surface area contributed by atoms with Gasteiger partial charge in [-0.2, -0.15) is 5.10 Å². The van der Waals surface area contributed by atoms with Crippen LogP contribution in [0.4, 0.5) is 4.39 Å². The highest BCUT2D eigenvalue weighted by Crippen LogP contribution is 2.36. The molecule has 1 aliphatic heterocycles. The van der Waals surface area contributed by atoms with Crippen LogP contribution in [0.5, 0.6) is 0 Å². The van der Waals surface area contributed by atoms with Crippen molar-refractivity contribution in [2.45, 2.75) is 51.0 Å². The van der Waals surface area contributed by atoms with E-state index in [1.165, 1.54) is 49.1 Å². The third-order valence-corrected chi connectivity index (χ3v) is 5.22. The lowest BCUT2D eigenvalue weighted by molar-refractivity contribution is 0.330. The first-order chi connectivity index (χ1) is 11.3. The maximum atomic E-state index is 13.4. The molecule has 0 spiro atoms. The predicted molar refractivity (Wildman–Crippen MR) is 90.0 cm³/mol. The van der Waals surface area contributed by atoms with Crippen molar-refractivity contribution >= 4 is 0 Å². The number of halogens is 1. The van der Waals surface area contributed by atoms with Crippen LogP contribution in [0.1, 0.15) is 49.4 Å². The van der Waals surface area contributed by atoms with Crippen LogP contribution in [-0.4, -0.2) is 22.9 Å². The predicted octanol–water partition coefficient (Wildman–Crippen LogP) is 3.88. The monoisotopic (exact) mass is 313 g/mol. The first-order valence-corrected chi connectivity index (χ1v) is 8.90. The summed E-state index contributed by atoms with van der Waals surface area (Å²) in [7, 11) is 0. The lowest BCUT2D eigenvalue weighted by Gasteiger charge is -2.24. The molecule has 122 valence electrons. The van der Waals surface area contributed by atoms with E-state index in [2.05, 4.69) is 10.00 Å². The van der Waals surface area contributed by atoms with Crippen LogP contribution < -0.4 is 5.32 Å². The summed E-state index contributed by atoms with van der Waals surface area (Å²) in [4.78, 5) is 0. The van der Waals surface area contributed by atoms with E-state index in [4.69, 9.17) is 5.10 Å². The van der Waals surface area contributed by atoms with Crippen molar-refractivity contribution in [3.05, 3.63) is 41.3 Å². The molecule has 0 radical (unpaired) electrons. The topological polar surface area (TPSA) is 29.9 Å². The molecule has 0 bridgehead atoms. The fraction of sp³-hybridized carbons (Fsp3) is 0.526. The summed E-state index contributed by atoms with van der Waals surface area (Å²) in [6, 6.07) is 7.45. The van der Waals surface area contributed by atoms with Gasteiger partial charge in [-0.3, -0.25) is 4.68 Å². The molecular formula is C19H24FN3. The molecule has 0 unspecified atom stereocenters. The van der Waals surface area contributed by atoms with Gasteiger partial charge in [0.1, 0.15) is 5.82 Å². The Labute approximate surface area is 136 Å². The average Bonchev–Trinajstić information content (AvgIpc) is 2.79. The van der Waals surface area contributed by atoms with Crippen LogP contribution >= 0.6 is 0 Å². The number of fused-ring (bicyclic) bond motifs is 1. The van der Waals surface area contributed by atoms with Crippen molar-refractivity contribution < 1.29 is 4.39 Å². The molecule has 1 N–H and O–H groups in total. The SMILES string of the molecule is Fc1ccc(-c2c3c(nn2C2CCCCC2)CCNCC3)cc1. The Morgan fingerprint density at radius 3 is 2.52 bits per heavy atom. The van der Waals surface area contributed by atoms with Gasteiger partial charge in [-0.15, -0.1) is 0 Å². The number of benzene rings is 1. The molecular weight excluding hydrogens is 289 g/mol. The zero-order valence-electron chi connectivity index (χ0n) is 13.5. The largest absolute Gasteiger partial charge is 0.316 e. The highest BCUT2D eigenvalue weighted by molar-refractivity contribution is 5.65. The first kappa shape index (κ1) is 14.9. The third-order valence-electron chi connectivity index (χ3n) is 5.22. The molecule has 1 fully saturated rings. The van der Waals surface area contributed by atoms with Gasteiger partial charge in [-0.1, -0.05) is 19.3 Å². The molecule has 1 saturated carbocycles. The molecule has 3 nitrogen and oxygen atoms in total. The summed E-state index contributed by atoms with van der Waals surface area (Å²) in [5.74, 6) is -0.176. The van der Waals surface area contributed by atoms with Crippen molar-refractivity contribution in [3.63, 3.8) is 0 Å². The second-order valence-electron chi connectivity index (χ2n) is 6.77. The lowest BCUT2D eigenvalue weighted by Crippen LogP contribution is -2.19. The highest BCUT2D eigenvalue weighted by atomic mass is 19.1. The molecule has 4 rings (SSSR count). The second-order valence-corrected chi connectivity index (χ2v) is 6.77. The van der Waals surface area contributed by atoms with E-state index in [0.29, 0.717) is 6.04 Å². The van der Waals surface area contributed by atoms with Crippen LogP contribution in [0.3, 0.4) is 0 Å². The summed E-state index contributed by atoms with van der Waals surface area (Å²) >= 11 is 0. The van der Waals surface area contributed by atoms with Gasteiger partial charge in [-0.25, -0.2) is 4.39 Å². The molecule has 23 heavy (non-hydrogen) atoms. The van der Waals surface area contributed by atoms with Crippen LogP contribution in [0, 0.1) is 5.82 Å². The van der Waals surface area contributed by atoms with E-state index in [1.807, 2.05) is 12.1 Å². The number of nitrogens with zero attached hydrogens (tertiary/aromatic N) is 2. The second kappa shape index (κ2) is 6.44.